The van der Waals surface area contributed by atoms with Crippen LogP contribution in [0.3, 0.4) is 0 Å². The van der Waals surface area contributed by atoms with Gasteiger partial charge < -0.3 is 15.7 Å². The summed E-state index contributed by atoms with van der Waals surface area (Å²) in [7, 11) is 0. The highest BCUT2D eigenvalue weighted by molar-refractivity contribution is 5.97. The molecule has 0 spiro atoms. The molecule has 4 heteroatoms. The molecule has 0 aliphatic carbocycles. The molecule has 1 amide bonds. The second-order valence-electron chi connectivity index (χ2n) is 4.76. The van der Waals surface area contributed by atoms with Gasteiger partial charge in [-0.25, -0.2) is 0 Å². The molecule has 1 heterocycles. The topological polar surface area (TPSA) is 66.6 Å². The fourth-order valence-electron chi connectivity index (χ4n) is 2.32. The number of carbonyl (C=O) groups excluding carboxylic acids is 1. The summed E-state index contributed by atoms with van der Waals surface area (Å²) in [4.78, 5) is 13.5. The molecule has 1 saturated heterocycles. The molecule has 17 heavy (non-hydrogen) atoms. The maximum atomic E-state index is 11.9. The third kappa shape index (κ3) is 2.13. The fourth-order valence-corrected chi connectivity index (χ4v) is 2.32. The van der Waals surface area contributed by atoms with Crippen molar-refractivity contribution in [3.8, 4) is 5.75 Å². The number of nitrogens with two attached hydrogens (primary N) is 1. The Morgan fingerprint density at radius 3 is 2.76 bits per heavy atom. The molecule has 0 bridgehead atoms. The van der Waals surface area contributed by atoms with Crippen molar-refractivity contribution >= 4 is 11.6 Å². The van der Waals surface area contributed by atoms with Crippen LogP contribution in [0.25, 0.3) is 0 Å². The summed E-state index contributed by atoms with van der Waals surface area (Å²) in [5, 5.41) is 10.0. The number of nitrogens with zero attached hydrogens (tertiary/aromatic N) is 1. The zero-order chi connectivity index (χ0) is 12.6. The van der Waals surface area contributed by atoms with Crippen molar-refractivity contribution in [2.24, 2.45) is 11.7 Å². The van der Waals surface area contributed by atoms with E-state index >= 15 is 0 Å². The fraction of sp³-hybridized carbons (Fsp3) is 0.462. The quantitative estimate of drug-likeness (QED) is 0.811. The SMILES string of the molecule is Cc1cc(C)c(O)c(N2CC(CN)CC2=O)c1. The van der Waals surface area contributed by atoms with E-state index in [9.17, 15) is 9.90 Å². The molecule has 1 fully saturated rings. The maximum Gasteiger partial charge on any atom is 0.227 e. The van der Waals surface area contributed by atoms with Crippen LogP contribution in [0, 0.1) is 19.8 Å². The van der Waals surface area contributed by atoms with E-state index in [1.165, 1.54) is 0 Å². The lowest BCUT2D eigenvalue weighted by Crippen LogP contribution is -2.26. The first-order chi connectivity index (χ1) is 8.02. The van der Waals surface area contributed by atoms with Gasteiger partial charge in [0.05, 0.1) is 5.69 Å². The number of aryl methyl sites for hydroxylation is 2. The lowest BCUT2D eigenvalue weighted by Gasteiger charge is -2.19. The molecule has 4 nitrogen and oxygen atoms in total. The van der Waals surface area contributed by atoms with Gasteiger partial charge in [-0.3, -0.25) is 4.79 Å². The van der Waals surface area contributed by atoms with Gasteiger partial charge >= 0.3 is 0 Å². The molecular weight excluding hydrogens is 216 g/mol. The van der Waals surface area contributed by atoms with Gasteiger partial charge in [0.1, 0.15) is 5.75 Å². The number of benzene rings is 1. The Labute approximate surface area is 101 Å². The molecule has 1 atom stereocenters. The summed E-state index contributed by atoms with van der Waals surface area (Å²) >= 11 is 0. The Balaban J connectivity index is 2.38. The summed E-state index contributed by atoms with van der Waals surface area (Å²) in [5.41, 5.74) is 8.04. The van der Waals surface area contributed by atoms with Gasteiger partial charge in [-0.05, 0) is 43.5 Å². The predicted molar refractivity (Wildman–Crippen MR) is 67.1 cm³/mol. The molecule has 3 N–H and O–H groups in total. The van der Waals surface area contributed by atoms with Crippen LogP contribution in [0.5, 0.6) is 5.75 Å². The molecule has 0 radical (unpaired) electrons. The number of phenolic OH excluding ortho intramolecular Hbond substituents is 1. The molecule has 1 aromatic rings. The molecule has 1 unspecified atom stereocenters. The van der Waals surface area contributed by atoms with Crippen molar-refractivity contribution in [3.05, 3.63) is 23.3 Å². The first-order valence-electron chi connectivity index (χ1n) is 5.83. The number of hydrogen-bond acceptors (Lipinski definition) is 3. The van der Waals surface area contributed by atoms with E-state index in [1.54, 1.807) is 4.90 Å². The van der Waals surface area contributed by atoms with Crippen molar-refractivity contribution < 1.29 is 9.90 Å². The van der Waals surface area contributed by atoms with E-state index in [0.717, 1.165) is 11.1 Å². The highest BCUT2D eigenvalue weighted by Gasteiger charge is 2.31. The Morgan fingerprint density at radius 1 is 1.47 bits per heavy atom. The Bertz CT molecular complexity index is 457. The third-order valence-electron chi connectivity index (χ3n) is 3.25. The zero-order valence-electron chi connectivity index (χ0n) is 10.2. The number of carbonyl (C=O) groups is 1. The minimum Gasteiger partial charge on any atom is -0.505 e. The Morgan fingerprint density at radius 2 is 2.18 bits per heavy atom. The van der Waals surface area contributed by atoms with Crippen molar-refractivity contribution in [1.29, 1.82) is 0 Å². The van der Waals surface area contributed by atoms with E-state index in [4.69, 9.17) is 5.73 Å². The molecule has 0 saturated carbocycles. The molecule has 1 aromatic carbocycles. The van der Waals surface area contributed by atoms with Crippen molar-refractivity contribution in [3.63, 3.8) is 0 Å². The Kier molecular flexibility index (Phi) is 3.07. The molecular formula is C13H18N2O2. The first kappa shape index (κ1) is 11.9. The van der Waals surface area contributed by atoms with Crippen LogP contribution in [-0.2, 0) is 4.79 Å². The predicted octanol–water partition coefficient (Wildman–Crippen LogP) is 1.32. The van der Waals surface area contributed by atoms with Gasteiger partial charge in [0.2, 0.25) is 5.91 Å². The smallest absolute Gasteiger partial charge is 0.227 e. The number of rotatable bonds is 2. The van der Waals surface area contributed by atoms with Gasteiger partial charge in [0.15, 0.2) is 0 Å². The van der Waals surface area contributed by atoms with Crippen LogP contribution < -0.4 is 10.6 Å². The molecule has 1 aliphatic heterocycles. The van der Waals surface area contributed by atoms with E-state index in [1.807, 2.05) is 26.0 Å². The highest BCUT2D eigenvalue weighted by atomic mass is 16.3. The van der Waals surface area contributed by atoms with Crippen molar-refractivity contribution in [1.82, 2.24) is 0 Å². The summed E-state index contributed by atoms with van der Waals surface area (Å²) in [6, 6.07) is 3.75. The summed E-state index contributed by atoms with van der Waals surface area (Å²) in [6.45, 7) is 4.91. The molecule has 1 aliphatic rings. The van der Waals surface area contributed by atoms with Crippen LogP contribution in [0.2, 0.25) is 0 Å². The standard InChI is InChI=1S/C13H18N2O2/c1-8-3-9(2)13(17)11(4-8)15-7-10(6-14)5-12(15)16/h3-4,10,17H,5-7,14H2,1-2H3. The minimum absolute atomic E-state index is 0.0424. The summed E-state index contributed by atoms with van der Waals surface area (Å²) < 4.78 is 0. The lowest BCUT2D eigenvalue weighted by molar-refractivity contribution is -0.117. The number of phenols is 1. The average molecular weight is 234 g/mol. The van der Waals surface area contributed by atoms with E-state index in [-0.39, 0.29) is 17.6 Å². The Hall–Kier alpha value is -1.55. The van der Waals surface area contributed by atoms with E-state index in [2.05, 4.69) is 0 Å². The average Bonchev–Trinajstić information content (AvgIpc) is 2.65. The van der Waals surface area contributed by atoms with Crippen LogP contribution >= 0.6 is 0 Å². The van der Waals surface area contributed by atoms with Crippen LogP contribution in [0.15, 0.2) is 12.1 Å². The van der Waals surface area contributed by atoms with Crippen LogP contribution in [-0.4, -0.2) is 24.1 Å². The van der Waals surface area contributed by atoms with E-state index in [0.29, 0.717) is 25.2 Å². The molecule has 0 aromatic heterocycles. The van der Waals surface area contributed by atoms with Crippen molar-refractivity contribution in [2.75, 3.05) is 18.0 Å². The minimum atomic E-state index is 0.0424. The van der Waals surface area contributed by atoms with Gasteiger partial charge in [-0.15, -0.1) is 0 Å². The maximum absolute atomic E-state index is 11.9. The van der Waals surface area contributed by atoms with Crippen molar-refractivity contribution in [2.45, 2.75) is 20.3 Å². The van der Waals surface area contributed by atoms with Gasteiger partial charge in [-0.1, -0.05) is 6.07 Å². The van der Waals surface area contributed by atoms with Gasteiger partial charge in [0, 0.05) is 13.0 Å². The lowest BCUT2D eigenvalue weighted by atomic mass is 10.1. The number of amides is 1. The number of anilines is 1. The van der Waals surface area contributed by atoms with E-state index < -0.39 is 0 Å². The van der Waals surface area contributed by atoms with Crippen LogP contribution in [0.4, 0.5) is 5.69 Å². The second-order valence-corrected chi connectivity index (χ2v) is 4.76. The summed E-state index contributed by atoms with van der Waals surface area (Å²) in [6.07, 6.45) is 0.475. The summed E-state index contributed by atoms with van der Waals surface area (Å²) in [5.74, 6) is 0.435. The number of aromatic hydroxyl groups is 1. The monoisotopic (exact) mass is 234 g/mol. The van der Waals surface area contributed by atoms with Gasteiger partial charge in [-0.2, -0.15) is 0 Å². The molecule has 92 valence electrons. The van der Waals surface area contributed by atoms with Crippen LogP contribution in [0.1, 0.15) is 17.5 Å². The first-order valence-corrected chi connectivity index (χ1v) is 5.83. The highest BCUT2D eigenvalue weighted by Crippen LogP contribution is 2.35. The van der Waals surface area contributed by atoms with Gasteiger partial charge in [0.25, 0.3) is 0 Å². The third-order valence-corrected chi connectivity index (χ3v) is 3.25. The largest absolute Gasteiger partial charge is 0.505 e. The normalized spacial score (nSPS) is 20.1. The number of hydrogen-bond donors (Lipinski definition) is 2. The molecule has 2 rings (SSSR count). The zero-order valence-corrected chi connectivity index (χ0v) is 10.2. The second kappa shape index (κ2) is 4.37.